The third-order valence-electron chi connectivity index (χ3n) is 3.00. The zero-order valence-corrected chi connectivity index (χ0v) is 10.2. The molecule has 0 saturated heterocycles. The third-order valence-corrected chi connectivity index (χ3v) is 3.00. The van der Waals surface area contributed by atoms with E-state index in [1.807, 2.05) is 42.5 Å². The van der Waals surface area contributed by atoms with Crippen molar-refractivity contribution in [3.8, 4) is 0 Å². The molecule has 2 rings (SSSR count). The molecule has 0 saturated carbocycles. The van der Waals surface area contributed by atoms with Crippen LogP contribution in [0.4, 0.5) is 5.69 Å². The summed E-state index contributed by atoms with van der Waals surface area (Å²) in [6.07, 6.45) is 4.93. The summed E-state index contributed by atoms with van der Waals surface area (Å²) in [6, 6.07) is 9.56. The topological polar surface area (TPSA) is 29.1 Å². The van der Waals surface area contributed by atoms with E-state index in [-0.39, 0.29) is 5.91 Å². The first-order chi connectivity index (χ1) is 8.16. The molecule has 0 spiro atoms. The van der Waals surface area contributed by atoms with E-state index in [1.165, 1.54) is 5.57 Å². The fraction of sp³-hybridized carbons (Fsp3) is 0.267. The van der Waals surface area contributed by atoms with Crippen molar-refractivity contribution in [2.75, 3.05) is 5.32 Å². The van der Waals surface area contributed by atoms with Gasteiger partial charge in [-0.2, -0.15) is 0 Å². The van der Waals surface area contributed by atoms with Crippen molar-refractivity contribution in [1.29, 1.82) is 0 Å². The molecule has 0 radical (unpaired) electrons. The molecule has 0 aromatic heterocycles. The Morgan fingerprint density at radius 2 is 1.94 bits per heavy atom. The van der Waals surface area contributed by atoms with E-state index >= 15 is 0 Å². The Labute approximate surface area is 102 Å². The number of anilines is 1. The lowest BCUT2D eigenvalue weighted by Gasteiger charge is -2.19. The predicted molar refractivity (Wildman–Crippen MR) is 70.7 cm³/mol. The van der Waals surface area contributed by atoms with E-state index in [0.717, 1.165) is 17.7 Å². The van der Waals surface area contributed by atoms with Crippen LogP contribution in [0.5, 0.6) is 0 Å². The van der Waals surface area contributed by atoms with Gasteiger partial charge in [0.1, 0.15) is 0 Å². The number of allylic oxidation sites excluding steroid dienone is 3. The van der Waals surface area contributed by atoms with E-state index in [4.69, 9.17) is 0 Å². The number of benzene rings is 1. The molecule has 88 valence electrons. The fourth-order valence-corrected chi connectivity index (χ4v) is 2.08. The van der Waals surface area contributed by atoms with E-state index in [9.17, 15) is 4.79 Å². The fourth-order valence-electron chi connectivity index (χ4n) is 2.08. The first-order valence-electron chi connectivity index (χ1n) is 5.90. The third kappa shape index (κ3) is 2.84. The largest absolute Gasteiger partial charge is 0.322 e. The number of rotatable bonds is 2. The zero-order valence-electron chi connectivity index (χ0n) is 10.2. The summed E-state index contributed by atoms with van der Waals surface area (Å²) in [5.74, 6) is 0.302. The van der Waals surface area contributed by atoms with Gasteiger partial charge in [-0.1, -0.05) is 42.8 Å². The van der Waals surface area contributed by atoms with Gasteiger partial charge in [-0.3, -0.25) is 4.79 Å². The summed E-state index contributed by atoms with van der Waals surface area (Å²) >= 11 is 0. The number of para-hydroxylation sites is 1. The highest BCUT2D eigenvalue weighted by atomic mass is 16.1. The monoisotopic (exact) mass is 227 g/mol. The van der Waals surface area contributed by atoms with Crippen molar-refractivity contribution in [3.63, 3.8) is 0 Å². The van der Waals surface area contributed by atoms with Gasteiger partial charge < -0.3 is 5.32 Å². The molecular formula is C15H17NO. The normalized spacial score (nSPS) is 19.3. The van der Waals surface area contributed by atoms with E-state index in [1.54, 1.807) is 0 Å². The molecule has 1 unspecified atom stereocenters. The molecule has 0 heterocycles. The van der Waals surface area contributed by atoms with Crippen LogP contribution in [0.3, 0.4) is 0 Å². The summed E-state index contributed by atoms with van der Waals surface area (Å²) < 4.78 is 0. The molecule has 0 fully saturated rings. The van der Waals surface area contributed by atoms with Gasteiger partial charge >= 0.3 is 0 Å². The maximum atomic E-state index is 12.1. The number of carbonyl (C=O) groups is 1. The van der Waals surface area contributed by atoms with Crippen molar-refractivity contribution in [3.05, 3.63) is 53.6 Å². The van der Waals surface area contributed by atoms with Crippen molar-refractivity contribution in [2.45, 2.75) is 20.3 Å². The van der Waals surface area contributed by atoms with Crippen molar-refractivity contribution in [2.24, 2.45) is 5.92 Å². The molecule has 2 heteroatoms. The molecule has 1 aliphatic rings. The Morgan fingerprint density at radius 3 is 2.59 bits per heavy atom. The van der Waals surface area contributed by atoms with Crippen molar-refractivity contribution in [1.82, 2.24) is 0 Å². The van der Waals surface area contributed by atoms with E-state index in [0.29, 0.717) is 5.92 Å². The average molecular weight is 227 g/mol. The Bertz CT molecular complexity index is 471. The zero-order chi connectivity index (χ0) is 12.3. The molecule has 0 aliphatic heterocycles. The van der Waals surface area contributed by atoms with Crippen molar-refractivity contribution < 1.29 is 4.79 Å². The summed E-state index contributed by atoms with van der Waals surface area (Å²) in [6.45, 7) is 4.19. The highest BCUT2D eigenvalue weighted by molar-refractivity contribution is 6.04. The Morgan fingerprint density at radius 1 is 1.24 bits per heavy atom. The van der Waals surface area contributed by atoms with Crippen LogP contribution >= 0.6 is 0 Å². The van der Waals surface area contributed by atoms with Gasteiger partial charge in [0.25, 0.3) is 5.91 Å². The van der Waals surface area contributed by atoms with Gasteiger partial charge in [-0.25, -0.2) is 0 Å². The lowest BCUT2D eigenvalue weighted by atomic mass is 9.88. The van der Waals surface area contributed by atoms with Crippen LogP contribution in [0, 0.1) is 5.92 Å². The van der Waals surface area contributed by atoms with Crippen LogP contribution in [-0.4, -0.2) is 5.91 Å². The molecule has 2 nitrogen and oxygen atoms in total. The van der Waals surface area contributed by atoms with E-state index in [2.05, 4.69) is 19.2 Å². The highest BCUT2D eigenvalue weighted by Crippen LogP contribution is 2.25. The Balaban J connectivity index is 2.11. The second-order valence-electron chi connectivity index (χ2n) is 4.56. The van der Waals surface area contributed by atoms with Gasteiger partial charge in [-0.15, -0.1) is 0 Å². The minimum Gasteiger partial charge on any atom is -0.322 e. The minimum absolute atomic E-state index is 0.00690. The number of nitrogens with one attached hydrogen (secondary N) is 1. The first kappa shape index (κ1) is 11.6. The van der Waals surface area contributed by atoms with Gasteiger partial charge in [0.15, 0.2) is 0 Å². The van der Waals surface area contributed by atoms with Crippen LogP contribution in [-0.2, 0) is 4.79 Å². The molecule has 1 aliphatic carbocycles. The van der Waals surface area contributed by atoms with Gasteiger partial charge in [-0.05, 0) is 31.4 Å². The minimum atomic E-state index is 0.00690. The standard InChI is InChI=1S/C15H17NO/c1-11-8-9-14(12(2)10-11)15(17)16-13-6-4-3-5-7-13/h3-9,12H,10H2,1-2H3,(H,16,17). The molecule has 1 atom stereocenters. The highest BCUT2D eigenvalue weighted by Gasteiger charge is 2.19. The SMILES string of the molecule is CC1=CC=C(C(=O)Nc2ccccc2)C(C)C1. The lowest BCUT2D eigenvalue weighted by molar-refractivity contribution is -0.113. The van der Waals surface area contributed by atoms with Gasteiger partial charge in [0.05, 0.1) is 0 Å². The number of hydrogen-bond acceptors (Lipinski definition) is 1. The summed E-state index contributed by atoms with van der Waals surface area (Å²) in [5, 5.41) is 2.92. The Hall–Kier alpha value is -1.83. The second kappa shape index (κ2) is 5.00. The predicted octanol–water partition coefficient (Wildman–Crippen LogP) is 3.54. The summed E-state index contributed by atoms with van der Waals surface area (Å²) in [5.41, 5.74) is 3.03. The van der Waals surface area contributed by atoms with Crippen molar-refractivity contribution >= 4 is 11.6 Å². The number of amides is 1. The number of hydrogen-bond donors (Lipinski definition) is 1. The van der Waals surface area contributed by atoms with Gasteiger partial charge in [0.2, 0.25) is 0 Å². The quantitative estimate of drug-likeness (QED) is 0.822. The smallest absolute Gasteiger partial charge is 0.251 e. The number of carbonyl (C=O) groups excluding carboxylic acids is 1. The van der Waals surface area contributed by atoms with E-state index < -0.39 is 0 Å². The molecule has 1 N–H and O–H groups in total. The molecule has 0 bridgehead atoms. The van der Waals surface area contributed by atoms with Crippen LogP contribution in [0.15, 0.2) is 53.6 Å². The summed E-state index contributed by atoms with van der Waals surface area (Å²) in [4.78, 5) is 12.1. The maximum Gasteiger partial charge on any atom is 0.251 e. The lowest BCUT2D eigenvalue weighted by Crippen LogP contribution is -2.20. The van der Waals surface area contributed by atoms with Crippen LogP contribution in [0.2, 0.25) is 0 Å². The van der Waals surface area contributed by atoms with Crippen LogP contribution in [0.25, 0.3) is 0 Å². The average Bonchev–Trinajstić information content (AvgIpc) is 2.30. The van der Waals surface area contributed by atoms with Crippen LogP contribution < -0.4 is 5.32 Å². The molecule has 1 amide bonds. The Kier molecular flexibility index (Phi) is 3.43. The summed E-state index contributed by atoms with van der Waals surface area (Å²) in [7, 11) is 0. The second-order valence-corrected chi connectivity index (χ2v) is 4.56. The molecular weight excluding hydrogens is 210 g/mol. The van der Waals surface area contributed by atoms with Crippen LogP contribution in [0.1, 0.15) is 20.3 Å². The molecule has 1 aromatic carbocycles. The molecule has 17 heavy (non-hydrogen) atoms. The van der Waals surface area contributed by atoms with Gasteiger partial charge in [0, 0.05) is 11.3 Å². The maximum absolute atomic E-state index is 12.1. The first-order valence-corrected chi connectivity index (χ1v) is 5.90. The molecule has 1 aromatic rings.